The normalized spacial score (nSPS) is 14.2. The summed E-state index contributed by atoms with van der Waals surface area (Å²) in [5.74, 6) is -0.328. The number of benzene rings is 2. The van der Waals surface area contributed by atoms with Crippen molar-refractivity contribution in [2.75, 3.05) is 0 Å². The van der Waals surface area contributed by atoms with Gasteiger partial charge >= 0.3 is 0 Å². The summed E-state index contributed by atoms with van der Waals surface area (Å²) in [7, 11) is -2.03. The fourth-order valence-corrected chi connectivity index (χ4v) is 6.50. The third kappa shape index (κ3) is 4.20. The van der Waals surface area contributed by atoms with Gasteiger partial charge in [-0.1, -0.05) is 54.1 Å². The van der Waals surface area contributed by atoms with Crippen LogP contribution in [0.15, 0.2) is 61.2 Å². The van der Waals surface area contributed by atoms with Crippen LogP contribution in [-0.4, -0.2) is 27.9 Å². The molecule has 26 heavy (non-hydrogen) atoms. The molecule has 1 heterocycles. The second-order valence-electron chi connectivity index (χ2n) is 7.20. The lowest BCUT2D eigenvalue weighted by atomic mass is 9.96. The van der Waals surface area contributed by atoms with Crippen molar-refractivity contribution in [2.45, 2.75) is 31.3 Å². The Morgan fingerprint density at radius 2 is 1.77 bits per heavy atom. The first-order valence-corrected chi connectivity index (χ1v) is 11.9. The Balaban J connectivity index is 1.97. The van der Waals surface area contributed by atoms with Crippen LogP contribution in [0.25, 0.3) is 0 Å². The van der Waals surface area contributed by atoms with Crippen molar-refractivity contribution >= 4 is 24.9 Å². The first-order valence-electron chi connectivity index (χ1n) is 8.35. The highest BCUT2D eigenvalue weighted by atomic mass is 35.5. The molecule has 0 saturated carbocycles. The molecule has 2 aromatic carbocycles. The molecule has 136 valence electrons. The summed E-state index contributed by atoms with van der Waals surface area (Å²) < 4.78 is 15.0. The second-order valence-corrected chi connectivity index (χ2v) is 12.3. The molecule has 0 saturated heterocycles. The molecule has 1 unspecified atom stereocenters. The van der Waals surface area contributed by atoms with Crippen LogP contribution in [0.4, 0.5) is 4.39 Å². The van der Waals surface area contributed by atoms with Gasteiger partial charge < -0.3 is 5.11 Å². The van der Waals surface area contributed by atoms with E-state index in [2.05, 4.69) is 23.2 Å². The highest BCUT2D eigenvalue weighted by molar-refractivity contribution is 6.90. The number of aliphatic hydroxyl groups is 1. The smallest absolute Gasteiger partial charge is 0.137 e. The molecule has 4 nitrogen and oxygen atoms in total. The summed E-state index contributed by atoms with van der Waals surface area (Å²) in [5.41, 5.74) is -0.513. The van der Waals surface area contributed by atoms with E-state index < -0.39 is 13.7 Å². The molecule has 7 heteroatoms. The Morgan fingerprint density at radius 1 is 1.12 bits per heavy atom. The van der Waals surface area contributed by atoms with Crippen molar-refractivity contribution < 1.29 is 9.50 Å². The summed E-state index contributed by atoms with van der Waals surface area (Å²) in [6.07, 6.45) is 3.01. The average Bonchev–Trinajstić information content (AvgIpc) is 3.08. The molecule has 0 amide bonds. The Bertz CT molecular complexity index is 854. The summed E-state index contributed by atoms with van der Waals surface area (Å²) in [6.45, 7) is 4.65. The lowest BCUT2D eigenvalue weighted by Crippen LogP contribution is -2.49. The van der Waals surface area contributed by atoms with Crippen molar-refractivity contribution in [3.8, 4) is 0 Å². The van der Waals surface area contributed by atoms with E-state index in [1.807, 2.05) is 24.3 Å². The molecule has 0 bridgehead atoms. The molecular weight excluding hydrogens is 369 g/mol. The largest absolute Gasteiger partial charge is 0.384 e. The predicted octanol–water partition coefficient (Wildman–Crippen LogP) is 3.57. The van der Waals surface area contributed by atoms with E-state index in [0.717, 1.165) is 0 Å². The maximum atomic E-state index is 13.4. The van der Waals surface area contributed by atoms with E-state index in [-0.39, 0.29) is 12.4 Å². The van der Waals surface area contributed by atoms with Crippen LogP contribution in [-0.2, 0) is 12.1 Å². The van der Waals surface area contributed by atoms with E-state index in [9.17, 15) is 9.50 Å². The number of rotatable bonds is 6. The minimum Gasteiger partial charge on any atom is -0.384 e. The number of aromatic nitrogens is 3. The zero-order valence-corrected chi connectivity index (χ0v) is 16.5. The van der Waals surface area contributed by atoms with Gasteiger partial charge in [0, 0.05) is 5.02 Å². The van der Waals surface area contributed by atoms with Crippen molar-refractivity contribution in [2.24, 2.45) is 0 Å². The SMILES string of the molecule is C[Si](C)(CC(O)(Cn1cncn1)c1ccc(F)cc1)c1ccc(Cl)cc1. The average molecular weight is 390 g/mol. The molecule has 0 fully saturated rings. The minimum absolute atomic E-state index is 0.253. The van der Waals surface area contributed by atoms with Crippen molar-refractivity contribution in [3.63, 3.8) is 0 Å². The van der Waals surface area contributed by atoms with E-state index in [0.29, 0.717) is 16.6 Å². The summed E-state index contributed by atoms with van der Waals surface area (Å²) >= 11 is 6.01. The quantitative estimate of drug-likeness (QED) is 0.655. The molecule has 3 rings (SSSR count). The Labute approximate surface area is 158 Å². The van der Waals surface area contributed by atoms with Gasteiger partial charge in [-0.15, -0.1) is 0 Å². The van der Waals surface area contributed by atoms with Gasteiger partial charge in [0.1, 0.15) is 24.1 Å². The number of halogens is 2. The van der Waals surface area contributed by atoms with E-state index in [1.54, 1.807) is 23.1 Å². The third-order valence-corrected chi connectivity index (χ3v) is 8.25. The molecule has 0 spiro atoms. The first kappa shape index (κ1) is 18.8. The maximum absolute atomic E-state index is 13.4. The minimum atomic E-state index is -2.03. The standard InChI is InChI=1S/C19H21ClFN3OSi/c1-26(2,18-9-5-16(20)6-10-18)12-19(25,11-24-14-22-13-23-24)15-3-7-17(21)8-4-15/h3-10,13-14,25H,11-12H2,1-2H3. The fraction of sp³-hybridized carbons (Fsp3) is 0.263. The third-order valence-electron chi connectivity index (χ3n) is 4.63. The summed E-state index contributed by atoms with van der Waals surface area (Å²) in [5, 5.41) is 17.6. The van der Waals surface area contributed by atoms with Crippen molar-refractivity contribution in [1.82, 2.24) is 14.8 Å². The number of hydrogen-bond acceptors (Lipinski definition) is 3. The van der Waals surface area contributed by atoms with Crippen LogP contribution in [0, 0.1) is 5.82 Å². The zero-order chi connectivity index (χ0) is 18.8. The van der Waals surface area contributed by atoms with Gasteiger partial charge in [0.25, 0.3) is 0 Å². The lowest BCUT2D eigenvalue weighted by Gasteiger charge is -2.36. The Morgan fingerprint density at radius 3 is 2.35 bits per heavy atom. The van der Waals surface area contributed by atoms with Gasteiger partial charge in [-0.2, -0.15) is 5.10 Å². The fourth-order valence-electron chi connectivity index (χ4n) is 3.33. The van der Waals surface area contributed by atoms with Crippen LogP contribution < -0.4 is 5.19 Å². The van der Waals surface area contributed by atoms with Gasteiger partial charge in [0.05, 0.1) is 14.6 Å². The first-order chi connectivity index (χ1) is 12.3. The molecule has 1 aromatic heterocycles. The van der Waals surface area contributed by atoms with Gasteiger partial charge in [-0.05, 0) is 35.9 Å². The van der Waals surface area contributed by atoms with E-state index in [1.165, 1.54) is 23.6 Å². The number of hydrogen-bond donors (Lipinski definition) is 1. The van der Waals surface area contributed by atoms with Crippen LogP contribution in [0.5, 0.6) is 0 Å². The Kier molecular flexibility index (Phi) is 5.27. The van der Waals surface area contributed by atoms with Crippen molar-refractivity contribution in [3.05, 3.63) is 77.6 Å². The second kappa shape index (κ2) is 7.30. The van der Waals surface area contributed by atoms with Gasteiger partial charge in [0.15, 0.2) is 0 Å². The van der Waals surface area contributed by atoms with Crippen molar-refractivity contribution in [1.29, 1.82) is 0 Å². The highest BCUT2D eigenvalue weighted by Crippen LogP contribution is 2.33. The van der Waals surface area contributed by atoms with Crippen LogP contribution in [0.2, 0.25) is 24.2 Å². The van der Waals surface area contributed by atoms with Gasteiger partial charge in [-0.25, -0.2) is 14.1 Å². The van der Waals surface area contributed by atoms with E-state index >= 15 is 0 Å². The topological polar surface area (TPSA) is 50.9 Å². The molecular formula is C19H21ClFN3OSi. The zero-order valence-electron chi connectivity index (χ0n) is 14.7. The molecule has 1 atom stereocenters. The molecule has 1 N–H and O–H groups in total. The monoisotopic (exact) mass is 389 g/mol. The van der Waals surface area contributed by atoms with Crippen LogP contribution >= 0.6 is 11.6 Å². The molecule has 0 aliphatic carbocycles. The summed E-state index contributed by atoms with van der Waals surface area (Å²) in [6, 6.07) is 14.4. The molecule has 0 aliphatic heterocycles. The summed E-state index contributed by atoms with van der Waals surface area (Å²) in [4.78, 5) is 3.96. The maximum Gasteiger partial charge on any atom is 0.137 e. The van der Waals surface area contributed by atoms with E-state index in [4.69, 9.17) is 11.6 Å². The highest BCUT2D eigenvalue weighted by Gasteiger charge is 2.39. The molecule has 0 radical (unpaired) electrons. The van der Waals surface area contributed by atoms with Crippen LogP contribution in [0.1, 0.15) is 5.56 Å². The predicted molar refractivity (Wildman–Crippen MR) is 104 cm³/mol. The molecule has 0 aliphatic rings. The van der Waals surface area contributed by atoms with Gasteiger partial charge in [0.2, 0.25) is 0 Å². The van der Waals surface area contributed by atoms with Crippen LogP contribution in [0.3, 0.4) is 0 Å². The lowest BCUT2D eigenvalue weighted by molar-refractivity contribution is 0.0333. The Hall–Kier alpha value is -2.02. The molecule has 3 aromatic rings. The van der Waals surface area contributed by atoms with Gasteiger partial charge in [-0.3, -0.25) is 0 Å². The number of nitrogens with zero attached hydrogens (tertiary/aromatic N) is 3.